The van der Waals surface area contributed by atoms with Gasteiger partial charge in [-0.25, -0.2) is 22.0 Å². The quantitative estimate of drug-likeness (QED) is 0.486. The highest BCUT2D eigenvalue weighted by Crippen LogP contribution is 2.27. The molecule has 0 aliphatic rings. The predicted octanol–water partition coefficient (Wildman–Crippen LogP) is 2.71. The van der Waals surface area contributed by atoms with E-state index in [0.29, 0.717) is 0 Å². The van der Waals surface area contributed by atoms with E-state index in [2.05, 4.69) is 0 Å². The molecule has 0 bridgehead atoms. The fraction of sp³-hybridized carbons (Fsp3) is 0.222. The summed E-state index contributed by atoms with van der Waals surface area (Å²) >= 11 is 0. The number of rotatable bonds is 2. The molecule has 0 amide bonds. The van der Waals surface area contributed by atoms with Gasteiger partial charge < -0.3 is 5.32 Å². The van der Waals surface area contributed by atoms with E-state index < -0.39 is 40.8 Å². The molecule has 0 spiro atoms. The van der Waals surface area contributed by atoms with E-state index in [9.17, 15) is 22.0 Å². The zero-order chi connectivity index (χ0) is 12.5. The van der Waals surface area contributed by atoms with E-state index in [1.54, 1.807) is 0 Å². The van der Waals surface area contributed by atoms with Crippen molar-refractivity contribution in [2.75, 3.05) is 5.32 Å². The van der Waals surface area contributed by atoms with E-state index in [-0.39, 0.29) is 0 Å². The summed E-state index contributed by atoms with van der Waals surface area (Å²) in [6, 6.07) is 0.449. The first-order chi connectivity index (χ1) is 7.40. The molecule has 1 N–H and O–H groups in total. The molecule has 2 nitrogen and oxygen atoms in total. The Kier molecular flexibility index (Phi) is 3.32. The number of hydrogen-bond acceptors (Lipinski definition) is 2. The van der Waals surface area contributed by atoms with Crippen LogP contribution in [0.5, 0.6) is 0 Å². The van der Waals surface area contributed by atoms with Crippen LogP contribution >= 0.6 is 0 Å². The minimum absolute atomic E-state index is 1.09. The van der Waals surface area contributed by atoms with Gasteiger partial charge in [0.05, 0.1) is 6.07 Å². The van der Waals surface area contributed by atoms with Crippen LogP contribution in [0, 0.1) is 40.4 Å². The van der Waals surface area contributed by atoms with Crippen molar-refractivity contribution in [2.45, 2.75) is 13.0 Å². The Morgan fingerprint density at radius 2 is 1.31 bits per heavy atom. The monoisotopic (exact) mass is 236 g/mol. The van der Waals surface area contributed by atoms with Crippen molar-refractivity contribution in [3.8, 4) is 6.07 Å². The van der Waals surface area contributed by atoms with Gasteiger partial charge in [0, 0.05) is 0 Å². The van der Waals surface area contributed by atoms with Crippen LogP contribution in [-0.4, -0.2) is 6.04 Å². The second-order valence-electron chi connectivity index (χ2n) is 2.94. The fourth-order valence-corrected chi connectivity index (χ4v) is 0.980. The standard InChI is InChI=1S/C9H5F5N2/c1-3(2-15)16-9-7(13)5(11)4(10)6(12)8(9)14/h3,16H,1H3. The number of halogens is 5. The van der Waals surface area contributed by atoms with E-state index >= 15 is 0 Å². The smallest absolute Gasteiger partial charge is 0.200 e. The Balaban J connectivity index is 3.35. The SMILES string of the molecule is CC(C#N)Nc1c(F)c(F)c(F)c(F)c1F. The van der Waals surface area contributed by atoms with E-state index in [0.717, 1.165) is 0 Å². The third-order valence-electron chi connectivity index (χ3n) is 1.76. The Morgan fingerprint density at radius 1 is 0.938 bits per heavy atom. The molecule has 16 heavy (non-hydrogen) atoms. The van der Waals surface area contributed by atoms with Crippen LogP contribution < -0.4 is 5.32 Å². The van der Waals surface area contributed by atoms with Gasteiger partial charge >= 0.3 is 0 Å². The molecule has 0 aliphatic heterocycles. The van der Waals surface area contributed by atoms with Crippen LogP contribution in [0.25, 0.3) is 0 Å². The Labute approximate surface area is 87.3 Å². The Bertz CT molecular complexity index is 437. The molecule has 1 aromatic carbocycles. The lowest BCUT2D eigenvalue weighted by molar-refractivity contribution is 0.381. The molecule has 1 unspecified atom stereocenters. The maximum Gasteiger partial charge on any atom is 0.200 e. The van der Waals surface area contributed by atoms with Crippen LogP contribution in [0.4, 0.5) is 27.6 Å². The summed E-state index contributed by atoms with van der Waals surface area (Å²) in [7, 11) is 0. The second kappa shape index (κ2) is 4.35. The van der Waals surface area contributed by atoms with Crippen LogP contribution in [0.1, 0.15) is 6.92 Å². The van der Waals surface area contributed by atoms with E-state index in [4.69, 9.17) is 5.26 Å². The molecule has 86 valence electrons. The molecule has 0 radical (unpaired) electrons. The number of anilines is 1. The summed E-state index contributed by atoms with van der Waals surface area (Å²) in [5.41, 5.74) is -1.20. The Morgan fingerprint density at radius 3 is 1.69 bits per heavy atom. The number of benzene rings is 1. The molecule has 1 rings (SSSR count). The van der Waals surface area contributed by atoms with Crippen LogP contribution in [-0.2, 0) is 0 Å². The van der Waals surface area contributed by atoms with Gasteiger partial charge in [-0.2, -0.15) is 5.26 Å². The normalized spacial score (nSPS) is 12.1. The van der Waals surface area contributed by atoms with Crippen LogP contribution in [0.2, 0.25) is 0 Å². The minimum Gasteiger partial charge on any atom is -0.365 e. The second-order valence-corrected chi connectivity index (χ2v) is 2.94. The number of nitriles is 1. The topological polar surface area (TPSA) is 35.8 Å². The summed E-state index contributed by atoms with van der Waals surface area (Å²) in [5.74, 6) is -10.3. The first kappa shape index (κ1) is 12.2. The van der Waals surface area contributed by atoms with Gasteiger partial charge in [0.1, 0.15) is 11.7 Å². The zero-order valence-electron chi connectivity index (χ0n) is 7.91. The van der Waals surface area contributed by atoms with Crippen molar-refractivity contribution in [1.82, 2.24) is 0 Å². The average Bonchev–Trinajstić information content (AvgIpc) is 2.29. The molecule has 7 heteroatoms. The summed E-state index contributed by atoms with van der Waals surface area (Å²) in [4.78, 5) is 0. The van der Waals surface area contributed by atoms with E-state index in [1.165, 1.54) is 13.0 Å². The lowest BCUT2D eigenvalue weighted by Gasteiger charge is -2.11. The highest BCUT2D eigenvalue weighted by molar-refractivity contribution is 5.49. The molecule has 1 aromatic rings. The van der Waals surface area contributed by atoms with Crippen molar-refractivity contribution in [1.29, 1.82) is 5.26 Å². The molecule has 0 aliphatic carbocycles. The number of nitrogens with one attached hydrogen (secondary N) is 1. The van der Waals surface area contributed by atoms with Gasteiger partial charge in [0.25, 0.3) is 0 Å². The lowest BCUT2D eigenvalue weighted by Crippen LogP contribution is -2.17. The minimum atomic E-state index is -2.23. The van der Waals surface area contributed by atoms with Crippen LogP contribution in [0.15, 0.2) is 0 Å². The lowest BCUT2D eigenvalue weighted by atomic mass is 10.2. The highest BCUT2D eigenvalue weighted by Gasteiger charge is 2.26. The number of hydrogen-bond donors (Lipinski definition) is 1. The fourth-order valence-electron chi connectivity index (χ4n) is 0.980. The van der Waals surface area contributed by atoms with Crippen molar-refractivity contribution >= 4 is 5.69 Å². The largest absolute Gasteiger partial charge is 0.365 e. The molecule has 1 atom stereocenters. The van der Waals surface area contributed by atoms with Gasteiger partial charge in [0.2, 0.25) is 5.82 Å². The maximum atomic E-state index is 13.0. The van der Waals surface area contributed by atoms with Gasteiger partial charge in [0.15, 0.2) is 23.3 Å². The molecule has 0 saturated carbocycles. The van der Waals surface area contributed by atoms with E-state index in [1.807, 2.05) is 5.32 Å². The summed E-state index contributed by atoms with van der Waals surface area (Å²) in [6.45, 7) is 1.21. The average molecular weight is 236 g/mol. The number of nitrogens with zero attached hydrogens (tertiary/aromatic N) is 1. The summed E-state index contributed by atoms with van der Waals surface area (Å²) in [6.07, 6.45) is 0. The predicted molar refractivity (Wildman–Crippen MR) is 44.9 cm³/mol. The van der Waals surface area contributed by atoms with Crippen molar-refractivity contribution in [2.24, 2.45) is 0 Å². The van der Waals surface area contributed by atoms with Gasteiger partial charge in [-0.15, -0.1) is 0 Å². The molecule has 0 fully saturated rings. The summed E-state index contributed by atoms with van der Waals surface area (Å²) < 4.78 is 64.0. The summed E-state index contributed by atoms with van der Waals surface area (Å²) in [5, 5.41) is 10.2. The molecule has 0 heterocycles. The molecule has 0 saturated heterocycles. The first-order valence-corrected chi connectivity index (χ1v) is 4.07. The first-order valence-electron chi connectivity index (χ1n) is 4.07. The van der Waals surface area contributed by atoms with Gasteiger partial charge in [-0.05, 0) is 6.92 Å². The zero-order valence-corrected chi connectivity index (χ0v) is 7.91. The third kappa shape index (κ3) is 1.91. The Hall–Kier alpha value is -1.84. The van der Waals surface area contributed by atoms with Crippen molar-refractivity contribution in [3.05, 3.63) is 29.1 Å². The molecular formula is C9H5F5N2. The van der Waals surface area contributed by atoms with Crippen molar-refractivity contribution < 1.29 is 22.0 Å². The van der Waals surface area contributed by atoms with Crippen molar-refractivity contribution in [3.63, 3.8) is 0 Å². The highest BCUT2D eigenvalue weighted by atomic mass is 19.2. The molecular weight excluding hydrogens is 231 g/mol. The van der Waals surface area contributed by atoms with Crippen LogP contribution in [0.3, 0.4) is 0 Å². The third-order valence-corrected chi connectivity index (χ3v) is 1.76. The molecule has 0 aromatic heterocycles. The van der Waals surface area contributed by atoms with Gasteiger partial charge in [-0.1, -0.05) is 0 Å². The maximum absolute atomic E-state index is 13.0. The van der Waals surface area contributed by atoms with Gasteiger partial charge in [-0.3, -0.25) is 0 Å².